The number of ether oxygens (including phenoxy) is 2. The van der Waals surface area contributed by atoms with E-state index in [1.165, 1.54) is 7.11 Å². The van der Waals surface area contributed by atoms with Gasteiger partial charge in [0, 0.05) is 11.0 Å². The third kappa shape index (κ3) is 3.81. The van der Waals surface area contributed by atoms with Gasteiger partial charge in [0.25, 0.3) is 0 Å². The predicted molar refractivity (Wildman–Crippen MR) is 84.2 cm³/mol. The Balaban J connectivity index is 2.32. The highest BCUT2D eigenvalue weighted by atomic mass is 79.9. The Bertz CT molecular complexity index is 626. The standard InChI is InChI=1S/C14H17BrN4O2/c1-5-16-12-17-13(20-4)19-14(18-12)21-10-6-8(2)11(15)9(3)7-10/h6-7H,5H2,1-4H3,(H,16,17,18,19). The highest BCUT2D eigenvalue weighted by molar-refractivity contribution is 9.10. The third-order valence-corrected chi connectivity index (χ3v) is 3.98. The number of benzene rings is 1. The molecule has 0 unspecified atom stereocenters. The van der Waals surface area contributed by atoms with Crippen LogP contribution in [0.4, 0.5) is 5.95 Å². The largest absolute Gasteiger partial charge is 0.467 e. The molecule has 0 aliphatic carbocycles. The summed E-state index contributed by atoms with van der Waals surface area (Å²) in [5.74, 6) is 1.09. The van der Waals surface area contributed by atoms with Gasteiger partial charge in [-0.15, -0.1) is 4.98 Å². The first-order valence-corrected chi connectivity index (χ1v) is 7.31. The smallest absolute Gasteiger partial charge is 0.330 e. The molecule has 1 heterocycles. The van der Waals surface area contributed by atoms with E-state index in [-0.39, 0.29) is 12.0 Å². The van der Waals surface area contributed by atoms with Gasteiger partial charge in [-0.3, -0.25) is 0 Å². The Morgan fingerprint density at radius 1 is 1.10 bits per heavy atom. The number of hydrogen-bond acceptors (Lipinski definition) is 6. The van der Waals surface area contributed by atoms with E-state index in [1.807, 2.05) is 32.9 Å². The fourth-order valence-corrected chi connectivity index (χ4v) is 2.01. The molecule has 112 valence electrons. The number of nitrogens with one attached hydrogen (secondary N) is 1. The molecule has 0 fully saturated rings. The van der Waals surface area contributed by atoms with Crippen molar-refractivity contribution in [1.82, 2.24) is 15.0 Å². The van der Waals surface area contributed by atoms with Crippen LogP contribution >= 0.6 is 15.9 Å². The molecule has 21 heavy (non-hydrogen) atoms. The van der Waals surface area contributed by atoms with Gasteiger partial charge < -0.3 is 14.8 Å². The molecule has 7 heteroatoms. The van der Waals surface area contributed by atoms with Crippen LogP contribution in [0.3, 0.4) is 0 Å². The first-order valence-electron chi connectivity index (χ1n) is 6.52. The van der Waals surface area contributed by atoms with E-state index in [4.69, 9.17) is 9.47 Å². The Hall–Kier alpha value is -1.89. The minimum atomic E-state index is 0.193. The summed E-state index contributed by atoms with van der Waals surface area (Å²) in [5, 5.41) is 3.01. The highest BCUT2D eigenvalue weighted by Gasteiger charge is 2.10. The fraction of sp³-hybridized carbons (Fsp3) is 0.357. The van der Waals surface area contributed by atoms with Crippen LogP contribution in [0.1, 0.15) is 18.1 Å². The average Bonchev–Trinajstić information content (AvgIpc) is 2.44. The van der Waals surface area contributed by atoms with Crippen LogP contribution < -0.4 is 14.8 Å². The summed E-state index contributed by atoms with van der Waals surface area (Å²) < 4.78 is 11.8. The maximum absolute atomic E-state index is 5.72. The first-order chi connectivity index (χ1) is 10.0. The number of methoxy groups -OCH3 is 1. The quantitative estimate of drug-likeness (QED) is 0.888. The van der Waals surface area contributed by atoms with Crippen molar-refractivity contribution >= 4 is 21.9 Å². The van der Waals surface area contributed by atoms with Crippen LogP contribution in [-0.4, -0.2) is 28.6 Å². The first kappa shape index (κ1) is 15.5. The van der Waals surface area contributed by atoms with Crippen molar-refractivity contribution in [2.24, 2.45) is 0 Å². The second kappa shape index (κ2) is 6.71. The minimum Gasteiger partial charge on any atom is -0.467 e. The molecular formula is C14H17BrN4O2. The monoisotopic (exact) mass is 352 g/mol. The van der Waals surface area contributed by atoms with Crippen molar-refractivity contribution in [2.45, 2.75) is 20.8 Å². The SMILES string of the molecule is CCNc1nc(OC)nc(Oc2cc(C)c(Br)c(C)c2)n1. The van der Waals surface area contributed by atoms with Crippen LogP contribution in [0, 0.1) is 13.8 Å². The van der Waals surface area contributed by atoms with Gasteiger partial charge in [-0.2, -0.15) is 9.97 Å². The van der Waals surface area contributed by atoms with Crippen molar-refractivity contribution in [2.75, 3.05) is 19.0 Å². The number of halogens is 1. The molecule has 1 aromatic carbocycles. The molecule has 0 aliphatic heterocycles. The van der Waals surface area contributed by atoms with Crippen LogP contribution in [0.25, 0.3) is 0 Å². The van der Waals surface area contributed by atoms with Gasteiger partial charge in [0.2, 0.25) is 5.95 Å². The lowest BCUT2D eigenvalue weighted by atomic mass is 10.1. The number of aryl methyl sites for hydroxylation is 2. The van der Waals surface area contributed by atoms with Gasteiger partial charge in [0.15, 0.2) is 0 Å². The summed E-state index contributed by atoms with van der Waals surface area (Å²) in [7, 11) is 1.50. The zero-order valence-electron chi connectivity index (χ0n) is 12.4. The molecule has 0 atom stereocenters. The second-order valence-electron chi connectivity index (χ2n) is 4.43. The molecule has 1 aromatic heterocycles. The van der Waals surface area contributed by atoms with Gasteiger partial charge in [-0.05, 0) is 44.0 Å². The zero-order valence-corrected chi connectivity index (χ0v) is 14.0. The number of aromatic nitrogens is 3. The number of nitrogens with zero attached hydrogens (tertiary/aromatic N) is 3. The van der Waals surface area contributed by atoms with Gasteiger partial charge >= 0.3 is 12.0 Å². The van der Waals surface area contributed by atoms with E-state index in [2.05, 4.69) is 36.2 Å². The summed E-state index contributed by atoms with van der Waals surface area (Å²) in [5.41, 5.74) is 2.16. The van der Waals surface area contributed by atoms with Crippen molar-refractivity contribution in [3.05, 3.63) is 27.7 Å². The van der Waals surface area contributed by atoms with Crippen LogP contribution in [0.5, 0.6) is 17.8 Å². The molecular weight excluding hydrogens is 336 g/mol. The number of rotatable bonds is 5. The Morgan fingerprint density at radius 2 is 1.71 bits per heavy atom. The fourth-order valence-electron chi connectivity index (χ4n) is 1.78. The zero-order chi connectivity index (χ0) is 15.4. The van der Waals surface area contributed by atoms with E-state index >= 15 is 0 Å². The maximum Gasteiger partial charge on any atom is 0.330 e. The molecule has 2 rings (SSSR count). The normalized spacial score (nSPS) is 10.3. The molecule has 0 saturated heterocycles. The molecule has 0 aliphatic rings. The van der Waals surface area contributed by atoms with E-state index < -0.39 is 0 Å². The summed E-state index contributed by atoms with van der Waals surface area (Å²) in [6, 6.07) is 4.24. The van der Waals surface area contributed by atoms with E-state index in [0.29, 0.717) is 18.2 Å². The molecule has 0 spiro atoms. The number of hydrogen-bond donors (Lipinski definition) is 1. The Labute approximate surface area is 132 Å². The molecule has 0 radical (unpaired) electrons. The molecule has 2 aromatic rings. The minimum absolute atomic E-state index is 0.193. The van der Waals surface area contributed by atoms with Crippen LogP contribution in [-0.2, 0) is 0 Å². The van der Waals surface area contributed by atoms with E-state index in [9.17, 15) is 0 Å². The molecule has 0 amide bonds. The predicted octanol–water partition coefficient (Wildman–Crippen LogP) is 3.48. The van der Waals surface area contributed by atoms with Crippen molar-refractivity contribution in [3.8, 4) is 17.8 Å². The Kier molecular flexibility index (Phi) is 4.95. The van der Waals surface area contributed by atoms with Crippen LogP contribution in [0.2, 0.25) is 0 Å². The van der Waals surface area contributed by atoms with Gasteiger partial charge in [-0.25, -0.2) is 0 Å². The van der Waals surface area contributed by atoms with Gasteiger partial charge in [0.1, 0.15) is 5.75 Å². The summed E-state index contributed by atoms with van der Waals surface area (Å²) in [6.45, 7) is 6.66. The van der Waals surface area contributed by atoms with Gasteiger partial charge in [-0.1, -0.05) is 15.9 Å². The lowest BCUT2D eigenvalue weighted by Crippen LogP contribution is -2.06. The van der Waals surface area contributed by atoms with Crippen molar-refractivity contribution in [1.29, 1.82) is 0 Å². The lowest BCUT2D eigenvalue weighted by Gasteiger charge is -2.10. The lowest BCUT2D eigenvalue weighted by molar-refractivity contribution is 0.360. The van der Waals surface area contributed by atoms with Crippen molar-refractivity contribution < 1.29 is 9.47 Å². The molecule has 0 bridgehead atoms. The number of anilines is 1. The topological polar surface area (TPSA) is 69.2 Å². The van der Waals surface area contributed by atoms with E-state index in [1.54, 1.807) is 0 Å². The summed E-state index contributed by atoms with van der Waals surface area (Å²) >= 11 is 3.53. The van der Waals surface area contributed by atoms with Crippen molar-refractivity contribution in [3.63, 3.8) is 0 Å². The highest BCUT2D eigenvalue weighted by Crippen LogP contribution is 2.28. The summed E-state index contributed by atoms with van der Waals surface area (Å²) in [6.07, 6.45) is 0. The van der Waals surface area contributed by atoms with Crippen LogP contribution in [0.15, 0.2) is 16.6 Å². The Morgan fingerprint density at radius 3 is 2.29 bits per heavy atom. The maximum atomic E-state index is 5.72. The molecule has 6 nitrogen and oxygen atoms in total. The molecule has 0 saturated carbocycles. The average molecular weight is 353 g/mol. The van der Waals surface area contributed by atoms with E-state index in [0.717, 1.165) is 15.6 Å². The third-order valence-electron chi connectivity index (χ3n) is 2.73. The second-order valence-corrected chi connectivity index (χ2v) is 5.22. The summed E-state index contributed by atoms with van der Waals surface area (Å²) in [4.78, 5) is 12.4. The van der Waals surface area contributed by atoms with Gasteiger partial charge in [0.05, 0.1) is 7.11 Å². The molecule has 1 N–H and O–H groups in total.